The summed E-state index contributed by atoms with van der Waals surface area (Å²) < 4.78 is 0. The van der Waals surface area contributed by atoms with Crippen LogP contribution >= 0.6 is 0 Å². The third kappa shape index (κ3) is 4.85. The lowest BCUT2D eigenvalue weighted by atomic mass is 10.1. The van der Waals surface area contributed by atoms with E-state index in [1.165, 1.54) is 17.7 Å². The number of rotatable bonds is 6. The van der Waals surface area contributed by atoms with E-state index in [-0.39, 0.29) is 17.1 Å². The van der Waals surface area contributed by atoms with Gasteiger partial charge in [0, 0.05) is 44.3 Å². The Morgan fingerprint density at radius 1 is 1.00 bits per heavy atom. The molecule has 2 aromatic carbocycles. The molecule has 27 heavy (non-hydrogen) atoms. The average molecular weight is 369 g/mol. The minimum atomic E-state index is -0.662. The summed E-state index contributed by atoms with van der Waals surface area (Å²) in [4.78, 5) is 23.0. The Hall–Kier alpha value is -3.33. The van der Waals surface area contributed by atoms with Gasteiger partial charge < -0.3 is 0 Å². The predicted molar refractivity (Wildman–Crippen MR) is 102 cm³/mol. The second-order valence-electron chi connectivity index (χ2n) is 6.27. The second kappa shape index (κ2) is 8.37. The fourth-order valence-corrected chi connectivity index (χ4v) is 2.94. The molecule has 0 saturated carbocycles. The molecule has 1 aliphatic rings. The first-order valence-electron chi connectivity index (χ1n) is 8.53. The van der Waals surface area contributed by atoms with Crippen LogP contribution in [0.2, 0.25) is 0 Å². The molecule has 1 N–H and O–H groups in total. The third-order valence-electron chi connectivity index (χ3n) is 4.41. The largest absolute Gasteiger partial charge is 0.301 e. The predicted octanol–water partition coefficient (Wildman–Crippen LogP) is 3.57. The fourth-order valence-electron chi connectivity index (χ4n) is 2.94. The van der Waals surface area contributed by atoms with Crippen molar-refractivity contribution in [3.8, 4) is 0 Å². The van der Waals surface area contributed by atoms with Crippen LogP contribution < -0.4 is 5.43 Å². The number of benzene rings is 2. The van der Waals surface area contributed by atoms with Gasteiger partial charge in [-0.25, -0.2) is 0 Å². The van der Waals surface area contributed by atoms with Gasteiger partial charge in [0.25, 0.3) is 5.69 Å². The molecule has 140 valence electrons. The Morgan fingerprint density at radius 3 is 2.33 bits per heavy atom. The maximum atomic E-state index is 11.2. The number of piperidine rings is 1. The SMILES string of the molecule is O=[N+]([O-])c1ccc(NN=C2CCN(Cc3ccccc3)CC2)c([N+](=O)[O-])c1. The van der Waals surface area contributed by atoms with E-state index in [0.29, 0.717) is 0 Å². The van der Waals surface area contributed by atoms with Gasteiger partial charge in [0.1, 0.15) is 5.69 Å². The maximum Gasteiger partial charge on any atom is 0.301 e. The molecule has 0 radical (unpaired) electrons. The molecule has 0 atom stereocenters. The van der Waals surface area contributed by atoms with Gasteiger partial charge in [-0.3, -0.25) is 30.6 Å². The van der Waals surface area contributed by atoms with Crippen LogP contribution in [0.15, 0.2) is 53.6 Å². The molecule has 0 spiro atoms. The molecule has 9 nitrogen and oxygen atoms in total. The molecule has 1 saturated heterocycles. The molecule has 1 fully saturated rings. The lowest BCUT2D eigenvalue weighted by Gasteiger charge is -2.27. The van der Waals surface area contributed by atoms with Gasteiger partial charge in [0.15, 0.2) is 0 Å². The molecule has 2 aromatic rings. The molecule has 0 amide bonds. The van der Waals surface area contributed by atoms with Gasteiger partial charge in [0.05, 0.1) is 15.9 Å². The first kappa shape index (κ1) is 18.5. The van der Waals surface area contributed by atoms with Gasteiger partial charge in [-0.1, -0.05) is 30.3 Å². The smallest absolute Gasteiger partial charge is 0.298 e. The lowest BCUT2D eigenvalue weighted by Crippen LogP contribution is -2.33. The van der Waals surface area contributed by atoms with Crippen molar-refractivity contribution in [3.05, 3.63) is 74.3 Å². The van der Waals surface area contributed by atoms with Crippen LogP contribution in [0.25, 0.3) is 0 Å². The van der Waals surface area contributed by atoms with Crippen LogP contribution in [0.5, 0.6) is 0 Å². The van der Waals surface area contributed by atoms with Crippen LogP contribution in [0.4, 0.5) is 17.1 Å². The number of nitrogens with one attached hydrogen (secondary N) is 1. The first-order chi connectivity index (χ1) is 13.0. The van der Waals surface area contributed by atoms with Gasteiger partial charge in [-0.05, 0) is 11.6 Å². The number of non-ortho nitro benzene ring substituents is 1. The van der Waals surface area contributed by atoms with E-state index in [1.54, 1.807) is 0 Å². The van der Waals surface area contributed by atoms with Gasteiger partial charge in [-0.15, -0.1) is 0 Å². The van der Waals surface area contributed by atoms with Gasteiger partial charge >= 0.3 is 5.69 Å². The van der Waals surface area contributed by atoms with Crippen LogP contribution in [0.1, 0.15) is 18.4 Å². The van der Waals surface area contributed by atoms with E-state index in [9.17, 15) is 20.2 Å². The van der Waals surface area contributed by atoms with Gasteiger partial charge in [-0.2, -0.15) is 5.10 Å². The molecular weight excluding hydrogens is 350 g/mol. The van der Waals surface area contributed by atoms with E-state index in [0.717, 1.165) is 44.3 Å². The van der Waals surface area contributed by atoms with E-state index < -0.39 is 9.85 Å². The number of hydrogen-bond acceptors (Lipinski definition) is 7. The summed E-state index contributed by atoms with van der Waals surface area (Å²) in [6, 6.07) is 13.7. The van der Waals surface area contributed by atoms with Crippen molar-refractivity contribution in [1.29, 1.82) is 0 Å². The van der Waals surface area contributed by atoms with Gasteiger partial charge in [0.2, 0.25) is 0 Å². The molecule has 0 aliphatic carbocycles. The van der Waals surface area contributed by atoms with Crippen LogP contribution in [-0.4, -0.2) is 33.5 Å². The Labute approximate surface area is 155 Å². The van der Waals surface area contributed by atoms with Crippen molar-refractivity contribution in [2.45, 2.75) is 19.4 Å². The quantitative estimate of drug-likeness (QED) is 0.615. The molecule has 1 aliphatic heterocycles. The lowest BCUT2D eigenvalue weighted by molar-refractivity contribution is -0.393. The molecular formula is C18H19N5O4. The summed E-state index contributed by atoms with van der Waals surface area (Å²) in [5.41, 5.74) is 4.34. The highest BCUT2D eigenvalue weighted by Gasteiger charge is 2.20. The van der Waals surface area contributed by atoms with E-state index in [1.807, 2.05) is 18.2 Å². The molecule has 9 heteroatoms. The maximum absolute atomic E-state index is 11.2. The van der Waals surface area contributed by atoms with E-state index in [4.69, 9.17) is 0 Å². The van der Waals surface area contributed by atoms with E-state index >= 15 is 0 Å². The number of nitro groups is 2. The number of hydrogen-bond donors (Lipinski definition) is 1. The van der Waals surface area contributed by atoms with Crippen molar-refractivity contribution in [1.82, 2.24) is 4.90 Å². The standard InChI is InChI=1S/C18H19N5O4/c24-22(25)16-6-7-17(18(12-16)23(26)27)20-19-15-8-10-21(11-9-15)13-14-4-2-1-3-5-14/h1-7,12,20H,8-11,13H2. The third-order valence-corrected chi connectivity index (χ3v) is 4.41. The molecule has 3 rings (SSSR count). The highest BCUT2D eigenvalue weighted by Crippen LogP contribution is 2.29. The molecule has 0 bridgehead atoms. The summed E-state index contributed by atoms with van der Waals surface area (Å²) in [6.07, 6.45) is 1.53. The number of likely N-dealkylation sites (tertiary alicyclic amines) is 1. The van der Waals surface area contributed by atoms with Crippen molar-refractivity contribution >= 4 is 22.8 Å². The Balaban J connectivity index is 1.61. The molecule has 0 aromatic heterocycles. The van der Waals surface area contributed by atoms with Crippen LogP contribution in [0, 0.1) is 20.2 Å². The van der Waals surface area contributed by atoms with Crippen LogP contribution in [-0.2, 0) is 6.54 Å². The normalized spacial score (nSPS) is 14.6. The van der Waals surface area contributed by atoms with Crippen molar-refractivity contribution in [3.63, 3.8) is 0 Å². The Bertz CT molecular complexity index is 859. The monoisotopic (exact) mass is 369 g/mol. The summed E-state index contributed by atoms with van der Waals surface area (Å²) in [7, 11) is 0. The number of anilines is 1. The number of nitro benzene ring substituents is 2. The van der Waals surface area contributed by atoms with Crippen LogP contribution in [0.3, 0.4) is 0 Å². The number of hydrazone groups is 1. The van der Waals surface area contributed by atoms with Crippen molar-refractivity contribution in [2.24, 2.45) is 5.10 Å². The summed E-state index contributed by atoms with van der Waals surface area (Å²) in [5, 5.41) is 26.2. The highest BCUT2D eigenvalue weighted by atomic mass is 16.6. The molecule has 0 unspecified atom stereocenters. The second-order valence-corrected chi connectivity index (χ2v) is 6.27. The minimum absolute atomic E-state index is 0.143. The minimum Gasteiger partial charge on any atom is -0.298 e. The van der Waals surface area contributed by atoms with Crippen molar-refractivity contribution in [2.75, 3.05) is 18.5 Å². The van der Waals surface area contributed by atoms with Crippen molar-refractivity contribution < 1.29 is 9.85 Å². The average Bonchev–Trinajstić information content (AvgIpc) is 2.68. The fraction of sp³-hybridized carbons (Fsp3) is 0.278. The zero-order valence-corrected chi connectivity index (χ0v) is 14.6. The Kier molecular flexibility index (Phi) is 5.72. The number of nitrogens with zero attached hydrogens (tertiary/aromatic N) is 4. The summed E-state index contributed by atoms with van der Waals surface area (Å²) in [5.74, 6) is 0. The topological polar surface area (TPSA) is 114 Å². The first-order valence-corrected chi connectivity index (χ1v) is 8.53. The Morgan fingerprint density at radius 2 is 1.70 bits per heavy atom. The summed E-state index contributed by atoms with van der Waals surface area (Å²) >= 11 is 0. The zero-order chi connectivity index (χ0) is 19.2. The molecule has 1 heterocycles. The zero-order valence-electron chi connectivity index (χ0n) is 14.6. The van der Waals surface area contributed by atoms with E-state index in [2.05, 4.69) is 27.6 Å². The summed E-state index contributed by atoms with van der Waals surface area (Å²) in [6.45, 7) is 2.60. The highest BCUT2D eigenvalue weighted by molar-refractivity contribution is 5.86.